The molecule has 1 heterocycles. The van der Waals surface area contributed by atoms with Crippen molar-refractivity contribution in [1.29, 1.82) is 0 Å². The smallest absolute Gasteiger partial charge is 0.220 e. The maximum Gasteiger partial charge on any atom is 0.220 e. The number of rotatable bonds is 4. The minimum atomic E-state index is 0.124. The molecule has 2 rings (SSSR count). The van der Waals surface area contributed by atoms with Gasteiger partial charge in [0.15, 0.2) is 5.13 Å². The van der Waals surface area contributed by atoms with E-state index in [0.29, 0.717) is 24.0 Å². The number of thiazole rings is 1. The zero-order chi connectivity index (χ0) is 9.97. The molecule has 1 aliphatic rings. The molecule has 76 valence electrons. The fourth-order valence-electron chi connectivity index (χ4n) is 1.21. The van der Waals surface area contributed by atoms with Gasteiger partial charge < -0.3 is 11.1 Å². The van der Waals surface area contributed by atoms with Crippen LogP contribution in [-0.4, -0.2) is 16.9 Å². The maximum absolute atomic E-state index is 11.3. The maximum atomic E-state index is 11.3. The standard InChI is InChI=1S/C9H13N3OS/c10-9-12-7(5-14-9)3-4-8(13)11-6-1-2-6/h5-6H,1-4H2,(H2,10,12)(H,11,13). The van der Waals surface area contributed by atoms with Gasteiger partial charge in [-0.3, -0.25) is 4.79 Å². The summed E-state index contributed by atoms with van der Waals surface area (Å²) in [7, 11) is 0. The molecule has 5 heteroatoms. The van der Waals surface area contributed by atoms with Crippen LogP contribution in [0.1, 0.15) is 25.0 Å². The Bertz CT molecular complexity index is 333. The van der Waals surface area contributed by atoms with E-state index in [4.69, 9.17) is 5.73 Å². The molecule has 0 saturated heterocycles. The average molecular weight is 211 g/mol. The highest BCUT2D eigenvalue weighted by molar-refractivity contribution is 7.13. The summed E-state index contributed by atoms with van der Waals surface area (Å²) in [5, 5.41) is 5.41. The topological polar surface area (TPSA) is 68.0 Å². The molecule has 0 aliphatic heterocycles. The number of anilines is 1. The number of carbonyl (C=O) groups excluding carboxylic acids is 1. The van der Waals surface area contributed by atoms with Gasteiger partial charge in [-0.15, -0.1) is 11.3 Å². The van der Waals surface area contributed by atoms with E-state index in [2.05, 4.69) is 10.3 Å². The van der Waals surface area contributed by atoms with Crippen molar-refractivity contribution in [2.24, 2.45) is 0 Å². The molecule has 1 saturated carbocycles. The van der Waals surface area contributed by atoms with Crippen molar-refractivity contribution in [3.05, 3.63) is 11.1 Å². The molecule has 0 unspecified atom stereocenters. The highest BCUT2D eigenvalue weighted by Gasteiger charge is 2.22. The zero-order valence-electron chi connectivity index (χ0n) is 7.82. The van der Waals surface area contributed by atoms with Crippen LogP contribution in [0, 0.1) is 0 Å². The Balaban J connectivity index is 1.73. The van der Waals surface area contributed by atoms with Gasteiger partial charge in [0.2, 0.25) is 5.91 Å². The average Bonchev–Trinajstić information content (AvgIpc) is 2.85. The van der Waals surface area contributed by atoms with Gasteiger partial charge in [0.05, 0.1) is 5.69 Å². The Morgan fingerprint density at radius 1 is 1.71 bits per heavy atom. The fraction of sp³-hybridized carbons (Fsp3) is 0.556. The molecule has 1 aromatic heterocycles. The SMILES string of the molecule is Nc1nc(CCC(=O)NC2CC2)cs1. The molecule has 1 aliphatic carbocycles. The number of aromatic nitrogens is 1. The third kappa shape index (κ3) is 2.70. The lowest BCUT2D eigenvalue weighted by atomic mass is 10.2. The third-order valence-electron chi connectivity index (χ3n) is 2.12. The highest BCUT2D eigenvalue weighted by atomic mass is 32.1. The summed E-state index contributed by atoms with van der Waals surface area (Å²) >= 11 is 1.42. The van der Waals surface area contributed by atoms with E-state index >= 15 is 0 Å². The summed E-state index contributed by atoms with van der Waals surface area (Å²) in [5.41, 5.74) is 6.40. The lowest BCUT2D eigenvalue weighted by Crippen LogP contribution is -2.25. The molecule has 0 bridgehead atoms. The molecule has 0 radical (unpaired) electrons. The molecule has 1 fully saturated rings. The van der Waals surface area contributed by atoms with Crippen LogP contribution in [0.25, 0.3) is 0 Å². The van der Waals surface area contributed by atoms with E-state index in [1.165, 1.54) is 11.3 Å². The fourth-order valence-corrected chi connectivity index (χ4v) is 1.80. The first kappa shape index (κ1) is 9.45. The molecular weight excluding hydrogens is 198 g/mol. The van der Waals surface area contributed by atoms with Gasteiger partial charge in [-0.05, 0) is 19.3 Å². The summed E-state index contributed by atoms with van der Waals surface area (Å²) in [6.07, 6.45) is 3.47. The zero-order valence-corrected chi connectivity index (χ0v) is 8.64. The lowest BCUT2D eigenvalue weighted by molar-refractivity contribution is -0.121. The minimum Gasteiger partial charge on any atom is -0.375 e. The molecule has 0 spiro atoms. The molecular formula is C9H13N3OS. The second-order valence-electron chi connectivity index (χ2n) is 3.52. The number of hydrogen-bond donors (Lipinski definition) is 2. The van der Waals surface area contributed by atoms with Crippen LogP contribution >= 0.6 is 11.3 Å². The van der Waals surface area contributed by atoms with Crippen LogP contribution in [-0.2, 0) is 11.2 Å². The van der Waals surface area contributed by atoms with Crippen molar-refractivity contribution in [2.45, 2.75) is 31.7 Å². The quantitative estimate of drug-likeness (QED) is 0.778. The monoisotopic (exact) mass is 211 g/mol. The first-order chi connectivity index (χ1) is 6.74. The molecule has 1 aromatic rings. The van der Waals surface area contributed by atoms with Crippen molar-refractivity contribution in [1.82, 2.24) is 10.3 Å². The predicted molar refractivity (Wildman–Crippen MR) is 56.0 cm³/mol. The number of nitrogen functional groups attached to an aromatic ring is 1. The van der Waals surface area contributed by atoms with Gasteiger partial charge in [-0.1, -0.05) is 0 Å². The summed E-state index contributed by atoms with van der Waals surface area (Å²) in [6.45, 7) is 0. The van der Waals surface area contributed by atoms with E-state index in [-0.39, 0.29) is 5.91 Å². The van der Waals surface area contributed by atoms with Crippen molar-refractivity contribution < 1.29 is 4.79 Å². The number of carbonyl (C=O) groups is 1. The van der Waals surface area contributed by atoms with Crippen LogP contribution in [0.3, 0.4) is 0 Å². The summed E-state index contributed by atoms with van der Waals surface area (Å²) in [6, 6.07) is 0.447. The summed E-state index contributed by atoms with van der Waals surface area (Å²) < 4.78 is 0. The normalized spacial score (nSPS) is 15.4. The van der Waals surface area contributed by atoms with Gasteiger partial charge in [0.1, 0.15) is 0 Å². The highest BCUT2D eigenvalue weighted by Crippen LogP contribution is 2.19. The second kappa shape index (κ2) is 3.96. The summed E-state index contributed by atoms with van der Waals surface area (Å²) in [5.74, 6) is 0.124. The first-order valence-electron chi connectivity index (χ1n) is 4.73. The van der Waals surface area contributed by atoms with Crippen LogP contribution < -0.4 is 11.1 Å². The van der Waals surface area contributed by atoms with Crippen molar-refractivity contribution in [3.63, 3.8) is 0 Å². The number of aryl methyl sites for hydroxylation is 1. The molecule has 0 atom stereocenters. The van der Waals surface area contributed by atoms with Crippen LogP contribution in [0.15, 0.2) is 5.38 Å². The molecule has 0 aromatic carbocycles. The molecule has 1 amide bonds. The van der Waals surface area contributed by atoms with Crippen molar-refractivity contribution in [2.75, 3.05) is 5.73 Å². The van der Waals surface area contributed by atoms with Gasteiger partial charge in [0, 0.05) is 17.8 Å². The van der Waals surface area contributed by atoms with E-state index in [0.717, 1.165) is 18.5 Å². The molecule has 3 N–H and O–H groups in total. The van der Waals surface area contributed by atoms with E-state index in [9.17, 15) is 4.79 Å². The van der Waals surface area contributed by atoms with Crippen molar-refractivity contribution >= 4 is 22.4 Å². The number of nitrogens with two attached hydrogens (primary N) is 1. The number of hydrogen-bond acceptors (Lipinski definition) is 4. The van der Waals surface area contributed by atoms with Gasteiger partial charge in [-0.25, -0.2) is 4.98 Å². The van der Waals surface area contributed by atoms with Crippen molar-refractivity contribution in [3.8, 4) is 0 Å². The Hall–Kier alpha value is -1.10. The van der Waals surface area contributed by atoms with E-state index < -0.39 is 0 Å². The van der Waals surface area contributed by atoms with Gasteiger partial charge >= 0.3 is 0 Å². The Morgan fingerprint density at radius 2 is 2.50 bits per heavy atom. The lowest BCUT2D eigenvalue weighted by Gasteiger charge is -2.00. The second-order valence-corrected chi connectivity index (χ2v) is 4.41. The van der Waals surface area contributed by atoms with Gasteiger partial charge in [-0.2, -0.15) is 0 Å². The minimum absolute atomic E-state index is 0.124. The number of nitrogens with one attached hydrogen (secondary N) is 1. The number of amides is 1. The van der Waals surface area contributed by atoms with Crippen LogP contribution in [0.4, 0.5) is 5.13 Å². The van der Waals surface area contributed by atoms with Crippen LogP contribution in [0.5, 0.6) is 0 Å². The third-order valence-corrected chi connectivity index (χ3v) is 2.84. The number of nitrogens with zero attached hydrogens (tertiary/aromatic N) is 1. The molecule has 4 nitrogen and oxygen atoms in total. The summed E-state index contributed by atoms with van der Waals surface area (Å²) in [4.78, 5) is 15.4. The largest absolute Gasteiger partial charge is 0.375 e. The van der Waals surface area contributed by atoms with E-state index in [1.54, 1.807) is 0 Å². The van der Waals surface area contributed by atoms with Gasteiger partial charge in [0.25, 0.3) is 0 Å². The Kier molecular flexibility index (Phi) is 2.67. The first-order valence-corrected chi connectivity index (χ1v) is 5.61. The van der Waals surface area contributed by atoms with Crippen LogP contribution in [0.2, 0.25) is 0 Å². The predicted octanol–water partition coefficient (Wildman–Crippen LogP) is 0.936. The van der Waals surface area contributed by atoms with E-state index in [1.807, 2.05) is 5.38 Å². The molecule has 14 heavy (non-hydrogen) atoms. The Morgan fingerprint density at radius 3 is 3.07 bits per heavy atom. The Labute approximate surface area is 86.5 Å².